The zero-order chi connectivity index (χ0) is 10.2. The predicted octanol–water partition coefficient (Wildman–Crippen LogP) is 2.91. The van der Waals surface area contributed by atoms with Gasteiger partial charge in [0, 0.05) is 0 Å². The molecule has 1 fully saturated rings. The minimum absolute atomic E-state index is 0.0463. The molecule has 0 spiro atoms. The van der Waals surface area contributed by atoms with Gasteiger partial charge in [-0.3, -0.25) is 0 Å². The van der Waals surface area contributed by atoms with Crippen molar-refractivity contribution in [2.75, 3.05) is 13.2 Å². The van der Waals surface area contributed by atoms with Gasteiger partial charge in [-0.05, 0) is 25.7 Å². The third kappa shape index (κ3) is 5.20. The Balaban J connectivity index is 0.000000146. The fourth-order valence-electron chi connectivity index (χ4n) is 1.35. The van der Waals surface area contributed by atoms with Crippen LogP contribution in [0.4, 0.5) is 0 Å². The lowest BCUT2D eigenvalue weighted by molar-refractivity contribution is -0.0254. The second-order valence-electron chi connectivity index (χ2n) is 3.74. The van der Waals surface area contributed by atoms with Crippen molar-refractivity contribution < 1.29 is 9.47 Å². The summed E-state index contributed by atoms with van der Waals surface area (Å²) in [6.45, 7) is 5.70. The highest BCUT2D eigenvalue weighted by molar-refractivity contribution is 5.05. The molecular formula is C12H20O2. The van der Waals surface area contributed by atoms with Crippen LogP contribution in [0.1, 0.15) is 26.7 Å². The molecule has 0 radical (unpaired) electrons. The summed E-state index contributed by atoms with van der Waals surface area (Å²) in [7, 11) is 0. The minimum atomic E-state index is 0.0463. The van der Waals surface area contributed by atoms with E-state index in [-0.39, 0.29) is 6.29 Å². The maximum atomic E-state index is 4.93. The Hall–Kier alpha value is -0.600. The summed E-state index contributed by atoms with van der Waals surface area (Å²) in [5.41, 5.74) is 0. The van der Waals surface area contributed by atoms with E-state index in [1.54, 1.807) is 0 Å². The molecule has 0 unspecified atom stereocenters. The molecule has 0 amide bonds. The van der Waals surface area contributed by atoms with Crippen LogP contribution in [-0.2, 0) is 9.47 Å². The van der Waals surface area contributed by atoms with Crippen LogP contribution in [0.3, 0.4) is 0 Å². The molecule has 2 aliphatic rings. The summed E-state index contributed by atoms with van der Waals surface area (Å²) in [5, 5.41) is 0. The Bertz CT molecular complexity index is 176. The number of ether oxygens (including phenoxy) is 2. The number of hydrogen-bond acceptors (Lipinski definition) is 2. The van der Waals surface area contributed by atoms with Gasteiger partial charge >= 0.3 is 0 Å². The Kier molecular flexibility index (Phi) is 5.57. The van der Waals surface area contributed by atoms with E-state index >= 15 is 0 Å². The number of hydrogen-bond donors (Lipinski definition) is 0. The predicted molar refractivity (Wildman–Crippen MR) is 58.0 cm³/mol. The van der Waals surface area contributed by atoms with Crippen molar-refractivity contribution in [3.63, 3.8) is 0 Å². The molecule has 1 aliphatic heterocycles. The van der Waals surface area contributed by atoms with Gasteiger partial charge in [-0.15, -0.1) is 0 Å². The second-order valence-corrected chi connectivity index (χ2v) is 3.74. The van der Waals surface area contributed by atoms with Crippen molar-refractivity contribution in [2.24, 2.45) is 5.92 Å². The quantitative estimate of drug-likeness (QED) is 0.593. The summed E-state index contributed by atoms with van der Waals surface area (Å²) in [6.07, 6.45) is 11.2. The molecule has 0 bridgehead atoms. The molecule has 14 heavy (non-hydrogen) atoms. The van der Waals surface area contributed by atoms with Gasteiger partial charge in [0.25, 0.3) is 0 Å². The van der Waals surface area contributed by atoms with E-state index in [9.17, 15) is 0 Å². The van der Waals surface area contributed by atoms with E-state index in [0.717, 1.165) is 19.1 Å². The molecule has 0 N–H and O–H groups in total. The van der Waals surface area contributed by atoms with Gasteiger partial charge in [0.2, 0.25) is 0 Å². The van der Waals surface area contributed by atoms with Crippen molar-refractivity contribution in [1.82, 2.24) is 0 Å². The van der Waals surface area contributed by atoms with Crippen LogP contribution in [0.25, 0.3) is 0 Å². The minimum Gasteiger partial charge on any atom is -0.351 e. The largest absolute Gasteiger partial charge is 0.351 e. The Labute approximate surface area is 86.6 Å². The number of allylic oxidation sites excluding steroid dienone is 4. The number of rotatable bonds is 0. The lowest BCUT2D eigenvalue weighted by atomic mass is 10.1. The van der Waals surface area contributed by atoms with Crippen LogP contribution in [0.5, 0.6) is 0 Å². The van der Waals surface area contributed by atoms with Gasteiger partial charge in [0.1, 0.15) is 0 Å². The topological polar surface area (TPSA) is 18.5 Å². The molecular weight excluding hydrogens is 176 g/mol. The molecule has 2 nitrogen and oxygen atoms in total. The first-order chi connectivity index (χ1) is 6.79. The van der Waals surface area contributed by atoms with E-state index in [4.69, 9.17) is 9.47 Å². The average molecular weight is 196 g/mol. The molecule has 1 aliphatic carbocycles. The summed E-state index contributed by atoms with van der Waals surface area (Å²) >= 11 is 0. The normalized spacial score (nSPS) is 23.0. The first kappa shape index (κ1) is 11.5. The van der Waals surface area contributed by atoms with Crippen LogP contribution in [0, 0.1) is 5.92 Å². The van der Waals surface area contributed by atoms with Gasteiger partial charge in [0.15, 0.2) is 6.29 Å². The lowest BCUT2D eigenvalue weighted by Crippen LogP contribution is -1.97. The first-order valence-corrected chi connectivity index (χ1v) is 5.34. The third-order valence-corrected chi connectivity index (χ3v) is 2.25. The van der Waals surface area contributed by atoms with Crippen LogP contribution < -0.4 is 0 Å². The third-order valence-electron chi connectivity index (χ3n) is 2.25. The molecule has 80 valence electrons. The van der Waals surface area contributed by atoms with E-state index in [1.807, 2.05) is 6.92 Å². The fourth-order valence-corrected chi connectivity index (χ4v) is 1.35. The standard InChI is InChI=1S/C8H12.C4H8O2/c1-8-6-4-2-3-5-7-8;1-4-5-2-3-6-4/h2-5,8H,6-7H2,1H3;4H,2-3H2,1H3. The zero-order valence-electron chi connectivity index (χ0n) is 9.11. The Morgan fingerprint density at radius 3 is 1.79 bits per heavy atom. The lowest BCUT2D eigenvalue weighted by Gasteiger charge is -1.99. The van der Waals surface area contributed by atoms with Crippen molar-refractivity contribution in [3.05, 3.63) is 24.3 Å². The monoisotopic (exact) mass is 196 g/mol. The molecule has 0 aromatic heterocycles. The summed E-state index contributed by atoms with van der Waals surface area (Å²) < 4.78 is 9.86. The summed E-state index contributed by atoms with van der Waals surface area (Å²) in [5.74, 6) is 0.852. The Morgan fingerprint density at radius 1 is 0.929 bits per heavy atom. The first-order valence-electron chi connectivity index (χ1n) is 5.34. The summed E-state index contributed by atoms with van der Waals surface area (Å²) in [6, 6.07) is 0. The van der Waals surface area contributed by atoms with Crippen LogP contribution >= 0.6 is 0 Å². The van der Waals surface area contributed by atoms with Gasteiger partial charge in [-0.1, -0.05) is 31.2 Å². The smallest absolute Gasteiger partial charge is 0.155 e. The van der Waals surface area contributed by atoms with Gasteiger partial charge in [-0.25, -0.2) is 0 Å². The van der Waals surface area contributed by atoms with Crippen molar-refractivity contribution in [1.29, 1.82) is 0 Å². The highest BCUT2D eigenvalue weighted by atomic mass is 16.7. The van der Waals surface area contributed by atoms with Gasteiger partial charge in [0.05, 0.1) is 13.2 Å². The van der Waals surface area contributed by atoms with E-state index in [1.165, 1.54) is 12.8 Å². The molecule has 2 rings (SSSR count). The molecule has 1 heterocycles. The van der Waals surface area contributed by atoms with Crippen molar-refractivity contribution in [3.8, 4) is 0 Å². The van der Waals surface area contributed by atoms with E-state index in [2.05, 4.69) is 31.2 Å². The highest BCUT2D eigenvalue weighted by Crippen LogP contribution is 2.11. The highest BCUT2D eigenvalue weighted by Gasteiger charge is 2.07. The summed E-state index contributed by atoms with van der Waals surface area (Å²) in [4.78, 5) is 0. The van der Waals surface area contributed by atoms with Gasteiger partial charge in [-0.2, -0.15) is 0 Å². The Morgan fingerprint density at radius 2 is 1.43 bits per heavy atom. The SMILES string of the molecule is CC1CC=CC=CC1.CC1OCCO1. The molecule has 1 saturated heterocycles. The molecule has 0 aromatic carbocycles. The fraction of sp³-hybridized carbons (Fsp3) is 0.667. The molecule has 0 atom stereocenters. The van der Waals surface area contributed by atoms with Gasteiger partial charge < -0.3 is 9.47 Å². The maximum Gasteiger partial charge on any atom is 0.155 e. The molecule has 0 aromatic rings. The molecule has 0 saturated carbocycles. The van der Waals surface area contributed by atoms with E-state index < -0.39 is 0 Å². The van der Waals surface area contributed by atoms with Crippen LogP contribution in [0.15, 0.2) is 24.3 Å². The average Bonchev–Trinajstić information content (AvgIpc) is 2.51. The van der Waals surface area contributed by atoms with Crippen molar-refractivity contribution >= 4 is 0 Å². The zero-order valence-corrected chi connectivity index (χ0v) is 9.11. The van der Waals surface area contributed by atoms with Crippen LogP contribution in [0.2, 0.25) is 0 Å². The maximum absolute atomic E-state index is 4.93. The van der Waals surface area contributed by atoms with Crippen LogP contribution in [-0.4, -0.2) is 19.5 Å². The van der Waals surface area contributed by atoms with E-state index in [0.29, 0.717) is 0 Å². The van der Waals surface area contributed by atoms with Crippen molar-refractivity contribution in [2.45, 2.75) is 33.0 Å². The molecule has 2 heteroatoms. The second kappa shape index (κ2) is 6.80.